The minimum Gasteiger partial charge on any atom is -0.389 e. The highest BCUT2D eigenvalue weighted by Gasteiger charge is 2.24. The fourth-order valence-electron chi connectivity index (χ4n) is 2.49. The molecule has 0 aliphatic carbocycles. The quantitative estimate of drug-likeness (QED) is 0.609. The maximum Gasteiger partial charge on any atom is 0.381 e. The molecular weight excluding hydrogens is 324 g/mol. The second kappa shape index (κ2) is 7.43. The van der Waals surface area contributed by atoms with Crippen LogP contribution in [0.4, 0.5) is 5.82 Å². The molecule has 25 heavy (non-hydrogen) atoms. The van der Waals surface area contributed by atoms with Crippen LogP contribution in [0.5, 0.6) is 0 Å². The molecule has 8 nitrogen and oxygen atoms in total. The zero-order chi connectivity index (χ0) is 18.6. The van der Waals surface area contributed by atoms with Crippen molar-refractivity contribution in [3.8, 4) is 0 Å². The van der Waals surface area contributed by atoms with Crippen molar-refractivity contribution in [1.29, 1.82) is 0 Å². The van der Waals surface area contributed by atoms with E-state index in [1.54, 1.807) is 25.7 Å². The smallest absolute Gasteiger partial charge is 0.381 e. The van der Waals surface area contributed by atoms with Crippen molar-refractivity contribution in [2.75, 3.05) is 6.54 Å². The van der Waals surface area contributed by atoms with Crippen LogP contribution < -0.4 is 0 Å². The van der Waals surface area contributed by atoms with Gasteiger partial charge in [-0.25, -0.2) is 0 Å². The molecule has 1 N–H and O–H groups in total. The van der Waals surface area contributed by atoms with Gasteiger partial charge in [-0.1, -0.05) is 30.3 Å². The van der Waals surface area contributed by atoms with Crippen LogP contribution >= 0.6 is 0 Å². The van der Waals surface area contributed by atoms with Crippen molar-refractivity contribution in [2.45, 2.75) is 39.5 Å². The molecule has 8 heteroatoms. The summed E-state index contributed by atoms with van der Waals surface area (Å²) in [6.07, 6.45) is 1.25. The maximum absolute atomic E-state index is 12.7. The molecule has 0 bridgehead atoms. The summed E-state index contributed by atoms with van der Waals surface area (Å²) in [5.74, 6) is -0.147. The van der Waals surface area contributed by atoms with Gasteiger partial charge in [-0.3, -0.25) is 9.36 Å². The van der Waals surface area contributed by atoms with E-state index >= 15 is 0 Å². The van der Waals surface area contributed by atoms with E-state index < -0.39 is 10.5 Å². The fourth-order valence-corrected chi connectivity index (χ4v) is 2.49. The normalized spacial score (nSPS) is 11.4. The van der Waals surface area contributed by atoms with E-state index in [2.05, 4.69) is 4.98 Å². The number of hydrogen-bond acceptors (Lipinski definition) is 5. The van der Waals surface area contributed by atoms with Gasteiger partial charge in [0.1, 0.15) is 12.7 Å². The third-order valence-electron chi connectivity index (χ3n) is 3.60. The molecule has 0 atom stereocenters. The van der Waals surface area contributed by atoms with E-state index in [4.69, 9.17) is 0 Å². The summed E-state index contributed by atoms with van der Waals surface area (Å²) >= 11 is 0. The van der Waals surface area contributed by atoms with Gasteiger partial charge in [-0.05, 0) is 29.3 Å². The molecule has 0 saturated carbocycles. The van der Waals surface area contributed by atoms with Gasteiger partial charge < -0.3 is 20.1 Å². The van der Waals surface area contributed by atoms with Crippen LogP contribution in [0.2, 0.25) is 0 Å². The summed E-state index contributed by atoms with van der Waals surface area (Å²) in [6, 6.07) is 9.45. The molecule has 134 valence electrons. The number of hydrogen-bond donors (Lipinski definition) is 1. The number of amides is 1. The van der Waals surface area contributed by atoms with Crippen molar-refractivity contribution in [3.63, 3.8) is 0 Å². The van der Waals surface area contributed by atoms with E-state index in [9.17, 15) is 20.0 Å². The largest absolute Gasteiger partial charge is 0.389 e. The van der Waals surface area contributed by atoms with Gasteiger partial charge in [0.25, 0.3) is 0 Å². The van der Waals surface area contributed by atoms with Gasteiger partial charge >= 0.3 is 5.82 Å². The number of benzene rings is 1. The zero-order valence-electron chi connectivity index (χ0n) is 14.5. The van der Waals surface area contributed by atoms with Crippen molar-refractivity contribution in [3.05, 3.63) is 58.0 Å². The standard InChI is InChI=1S/C17H22N4O4/c1-13-18-15(21(24)25)10-19(13)11-16(22)20(12-17(2,3)23)9-14-7-5-4-6-8-14/h4-8,10,23H,9,11-12H2,1-3H3. The first kappa shape index (κ1) is 18.6. The number of nitro groups is 1. The fraction of sp³-hybridized carbons (Fsp3) is 0.412. The number of imidazole rings is 1. The van der Waals surface area contributed by atoms with Crippen LogP contribution in [-0.4, -0.2) is 42.5 Å². The van der Waals surface area contributed by atoms with E-state index in [1.165, 1.54) is 10.8 Å². The van der Waals surface area contributed by atoms with Crippen LogP contribution in [-0.2, 0) is 17.9 Å². The van der Waals surface area contributed by atoms with Crippen LogP contribution in [0.25, 0.3) is 0 Å². The number of aliphatic hydroxyl groups is 1. The van der Waals surface area contributed by atoms with Crippen LogP contribution in [0, 0.1) is 17.0 Å². The number of carbonyl (C=O) groups is 1. The van der Waals surface area contributed by atoms with Crippen LogP contribution in [0.1, 0.15) is 25.2 Å². The zero-order valence-corrected chi connectivity index (χ0v) is 14.5. The van der Waals surface area contributed by atoms with Crippen molar-refractivity contribution < 1.29 is 14.8 Å². The topological polar surface area (TPSA) is 102 Å². The Morgan fingerprint density at radius 2 is 2.00 bits per heavy atom. The molecule has 2 rings (SSSR count). The van der Waals surface area contributed by atoms with Gasteiger partial charge in [-0.2, -0.15) is 0 Å². The molecule has 0 radical (unpaired) electrons. The second-order valence-corrected chi connectivity index (χ2v) is 6.58. The minimum atomic E-state index is -1.06. The Bertz CT molecular complexity index is 750. The molecule has 1 amide bonds. The first-order valence-corrected chi connectivity index (χ1v) is 7.88. The summed E-state index contributed by atoms with van der Waals surface area (Å²) in [7, 11) is 0. The van der Waals surface area contributed by atoms with Gasteiger partial charge in [-0.15, -0.1) is 0 Å². The Balaban J connectivity index is 2.18. The summed E-state index contributed by atoms with van der Waals surface area (Å²) < 4.78 is 1.45. The van der Waals surface area contributed by atoms with Crippen molar-refractivity contribution in [2.24, 2.45) is 0 Å². The first-order valence-electron chi connectivity index (χ1n) is 7.88. The van der Waals surface area contributed by atoms with Crippen LogP contribution in [0.15, 0.2) is 36.5 Å². The average Bonchev–Trinajstić information content (AvgIpc) is 2.87. The second-order valence-electron chi connectivity index (χ2n) is 6.58. The number of carbonyl (C=O) groups excluding carboxylic acids is 1. The Morgan fingerprint density at radius 3 is 2.52 bits per heavy atom. The van der Waals surface area contributed by atoms with Crippen molar-refractivity contribution in [1.82, 2.24) is 14.5 Å². The molecule has 0 spiro atoms. The van der Waals surface area contributed by atoms with Gasteiger partial charge in [0.05, 0.1) is 5.60 Å². The molecule has 0 aliphatic heterocycles. The Labute approximate surface area is 145 Å². The molecule has 0 fully saturated rings. The SMILES string of the molecule is Cc1nc([N+](=O)[O-])cn1CC(=O)N(Cc1ccccc1)CC(C)(C)O. The summed E-state index contributed by atoms with van der Waals surface area (Å²) in [6.45, 7) is 5.29. The Morgan fingerprint density at radius 1 is 1.36 bits per heavy atom. The third kappa shape index (κ3) is 5.39. The Hall–Kier alpha value is -2.74. The lowest BCUT2D eigenvalue weighted by atomic mass is 10.1. The summed E-state index contributed by atoms with van der Waals surface area (Å²) in [4.78, 5) is 28.3. The number of aromatic nitrogens is 2. The van der Waals surface area contributed by atoms with Gasteiger partial charge in [0, 0.05) is 20.0 Å². The summed E-state index contributed by atoms with van der Waals surface area (Å²) in [5.41, 5.74) is -0.117. The van der Waals surface area contributed by atoms with E-state index in [-0.39, 0.29) is 24.8 Å². The monoisotopic (exact) mass is 346 g/mol. The highest BCUT2D eigenvalue weighted by atomic mass is 16.6. The molecule has 1 aromatic heterocycles. The third-order valence-corrected chi connectivity index (χ3v) is 3.60. The van der Waals surface area contributed by atoms with Gasteiger partial charge in [0.15, 0.2) is 0 Å². The van der Waals surface area contributed by atoms with Crippen molar-refractivity contribution >= 4 is 11.7 Å². The van der Waals surface area contributed by atoms with E-state index in [0.717, 1.165) is 5.56 Å². The lowest BCUT2D eigenvalue weighted by molar-refractivity contribution is -0.389. The first-order chi connectivity index (χ1) is 11.7. The van der Waals surface area contributed by atoms with E-state index in [0.29, 0.717) is 12.4 Å². The summed E-state index contributed by atoms with van der Waals surface area (Å²) in [5, 5.41) is 20.9. The van der Waals surface area contributed by atoms with Gasteiger partial charge in [0.2, 0.25) is 11.7 Å². The minimum absolute atomic E-state index is 0.0738. The highest BCUT2D eigenvalue weighted by molar-refractivity contribution is 5.76. The number of rotatable bonds is 7. The molecule has 0 saturated heterocycles. The highest BCUT2D eigenvalue weighted by Crippen LogP contribution is 2.14. The predicted molar refractivity (Wildman–Crippen MR) is 91.8 cm³/mol. The molecular formula is C17H22N4O4. The van der Waals surface area contributed by atoms with Crippen LogP contribution in [0.3, 0.4) is 0 Å². The average molecular weight is 346 g/mol. The predicted octanol–water partition coefficient (Wildman–Crippen LogP) is 1.90. The molecule has 1 heterocycles. The lowest BCUT2D eigenvalue weighted by Crippen LogP contribution is -2.43. The molecule has 2 aromatic rings. The molecule has 1 aromatic carbocycles. The van der Waals surface area contributed by atoms with E-state index in [1.807, 2.05) is 30.3 Å². The molecule has 0 unspecified atom stereocenters. The Kier molecular flexibility index (Phi) is 5.53. The lowest BCUT2D eigenvalue weighted by Gasteiger charge is -2.29. The number of aryl methyl sites for hydroxylation is 1. The maximum atomic E-state index is 12.7. The molecule has 0 aliphatic rings. The number of nitrogens with zero attached hydrogens (tertiary/aromatic N) is 4.